The number of hydrogen-bond acceptors (Lipinski definition) is 3. The summed E-state index contributed by atoms with van der Waals surface area (Å²) in [5.74, 6) is 0.845. The number of halogens is 1. The third-order valence-electron chi connectivity index (χ3n) is 2.50. The van der Waals surface area contributed by atoms with Crippen molar-refractivity contribution in [3.05, 3.63) is 24.3 Å². The number of hydrogen-bond donors (Lipinski definition) is 2. The van der Waals surface area contributed by atoms with Crippen LogP contribution >= 0.6 is 12.4 Å². The minimum absolute atomic E-state index is 0. The fourth-order valence-corrected chi connectivity index (χ4v) is 1.83. The number of para-hydroxylation sites is 2. The number of benzene rings is 1. The molecule has 2 N–H and O–H groups in total. The van der Waals surface area contributed by atoms with E-state index in [0.29, 0.717) is 6.54 Å². The summed E-state index contributed by atoms with van der Waals surface area (Å²) < 4.78 is 2.16. The summed E-state index contributed by atoms with van der Waals surface area (Å²) in [6.45, 7) is 3.74. The molecule has 0 unspecified atom stereocenters. The number of aliphatic hydroxyl groups excluding tert-OH is 1. The Balaban J connectivity index is 0.00000144. The van der Waals surface area contributed by atoms with Crippen LogP contribution in [0.4, 0.5) is 5.95 Å². The molecule has 2 aromatic rings. The molecule has 2 rings (SSSR count). The molecule has 1 aromatic heterocycles. The molecular weight excluding hydrogens is 238 g/mol. The molecule has 0 spiro atoms. The molecule has 0 bridgehead atoms. The highest BCUT2D eigenvalue weighted by Crippen LogP contribution is 2.19. The first-order chi connectivity index (χ1) is 7.86. The summed E-state index contributed by atoms with van der Waals surface area (Å²) in [6, 6.07) is 8.08. The van der Waals surface area contributed by atoms with Crippen LogP contribution in [0.2, 0.25) is 0 Å². The van der Waals surface area contributed by atoms with E-state index in [0.717, 1.165) is 29.9 Å². The first-order valence-corrected chi connectivity index (χ1v) is 5.66. The zero-order valence-corrected chi connectivity index (χ0v) is 10.7. The quantitative estimate of drug-likeness (QED) is 0.862. The molecule has 0 fully saturated rings. The number of fused-ring (bicyclic) bond motifs is 1. The molecule has 0 saturated carbocycles. The first-order valence-electron chi connectivity index (χ1n) is 5.66. The zero-order valence-electron chi connectivity index (χ0n) is 9.89. The van der Waals surface area contributed by atoms with E-state index in [-0.39, 0.29) is 19.0 Å². The Kier molecular flexibility index (Phi) is 5.25. The van der Waals surface area contributed by atoms with Gasteiger partial charge >= 0.3 is 0 Å². The van der Waals surface area contributed by atoms with Crippen molar-refractivity contribution >= 4 is 29.4 Å². The lowest BCUT2D eigenvalue weighted by Gasteiger charge is -2.08. The van der Waals surface area contributed by atoms with E-state index in [4.69, 9.17) is 5.11 Å². The van der Waals surface area contributed by atoms with Crippen molar-refractivity contribution < 1.29 is 5.11 Å². The Hall–Kier alpha value is -1.26. The van der Waals surface area contributed by atoms with E-state index in [1.54, 1.807) is 0 Å². The topological polar surface area (TPSA) is 50.1 Å². The highest BCUT2D eigenvalue weighted by molar-refractivity contribution is 5.85. The maximum atomic E-state index is 8.82. The van der Waals surface area contributed by atoms with Crippen LogP contribution in [-0.2, 0) is 6.54 Å². The lowest BCUT2D eigenvalue weighted by Crippen LogP contribution is -2.11. The average Bonchev–Trinajstić information content (AvgIpc) is 2.66. The fourth-order valence-electron chi connectivity index (χ4n) is 1.83. The number of aliphatic hydroxyl groups is 1. The van der Waals surface area contributed by atoms with E-state index in [9.17, 15) is 0 Å². The second kappa shape index (κ2) is 6.47. The van der Waals surface area contributed by atoms with Gasteiger partial charge in [-0.3, -0.25) is 0 Å². The second-order valence-corrected chi connectivity index (χ2v) is 3.73. The van der Waals surface area contributed by atoms with Crippen LogP contribution < -0.4 is 5.32 Å². The summed E-state index contributed by atoms with van der Waals surface area (Å²) in [4.78, 5) is 4.51. The molecule has 0 amide bonds. The number of anilines is 1. The molecule has 94 valence electrons. The summed E-state index contributed by atoms with van der Waals surface area (Å²) in [5.41, 5.74) is 2.14. The largest absolute Gasteiger partial charge is 0.395 e. The standard InChI is InChI=1S/C12H17N3O.ClH/c1-2-8-15-11-6-4-3-5-10(11)14-12(15)13-7-9-16;/h3-6,16H,2,7-9H2,1H3,(H,13,14);1H. The molecule has 0 atom stereocenters. The van der Waals surface area contributed by atoms with Crippen molar-refractivity contribution in [1.82, 2.24) is 9.55 Å². The summed E-state index contributed by atoms with van der Waals surface area (Å²) in [6.07, 6.45) is 1.06. The molecule has 0 radical (unpaired) electrons. The second-order valence-electron chi connectivity index (χ2n) is 3.73. The number of rotatable bonds is 5. The molecule has 5 heteroatoms. The highest BCUT2D eigenvalue weighted by Gasteiger charge is 2.08. The van der Waals surface area contributed by atoms with Gasteiger partial charge in [-0.1, -0.05) is 19.1 Å². The van der Waals surface area contributed by atoms with Gasteiger partial charge in [-0.2, -0.15) is 0 Å². The third kappa shape index (κ3) is 2.90. The molecule has 17 heavy (non-hydrogen) atoms. The summed E-state index contributed by atoms with van der Waals surface area (Å²) >= 11 is 0. The van der Waals surface area contributed by atoms with Gasteiger partial charge in [0.25, 0.3) is 0 Å². The minimum Gasteiger partial charge on any atom is -0.395 e. The Morgan fingerprint density at radius 1 is 1.35 bits per heavy atom. The number of nitrogens with one attached hydrogen (secondary N) is 1. The van der Waals surface area contributed by atoms with E-state index in [2.05, 4.69) is 27.9 Å². The molecule has 0 saturated heterocycles. The van der Waals surface area contributed by atoms with Gasteiger partial charge in [0.05, 0.1) is 17.6 Å². The molecule has 4 nitrogen and oxygen atoms in total. The number of nitrogens with zero attached hydrogens (tertiary/aromatic N) is 2. The highest BCUT2D eigenvalue weighted by atomic mass is 35.5. The predicted octanol–water partition coefficient (Wildman–Crippen LogP) is 2.27. The maximum Gasteiger partial charge on any atom is 0.203 e. The van der Waals surface area contributed by atoms with Gasteiger partial charge in [-0.25, -0.2) is 4.98 Å². The van der Waals surface area contributed by atoms with E-state index < -0.39 is 0 Å². The van der Waals surface area contributed by atoms with Crippen molar-refractivity contribution in [2.24, 2.45) is 0 Å². The molecule has 1 aromatic carbocycles. The van der Waals surface area contributed by atoms with Crippen molar-refractivity contribution in [1.29, 1.82) is 0 Å². The van der Waals surface area contributed by atoms with Crippen molar-refractivity contribution in [3.63, 3.8) is 0 Å². The Labute approximate surface area is 107 Å². The molecule has 0 aliphatic carbocycles. The van der Waals surface area contributed by atoms with Gasteiger partial charge in [-0.15, -0.1) is 12.4 Å². The molecule has 0 aliphatic rings. The van der Waals surface area contributed by atoms with Gasteiger partial charge < -0.3 is 15.0 Å². The van der Waals surface area contributed by atoms with Gasteiger partial charge in [-0.05, 0) is 18.6 Å². The van der Waals surface area contributed by atoms with E-state index >= 15 is 0 Å². The Bertz CT molecular complexity index is 470. The van der Waals surface area contributed by atoms with Crippen LogP contribution in [0.5, 0.6) is 0 Å². The van der Waals surface area contributed by atoms with Crippen LogP contribution in [-0.4, -0.2) is 27.8 Å². The normalized spacial score (nSPS) is 10.2. The number of imidazole rings is 1. The smallest absolute Gasteiger partial charge is 0.203 e. The fraction of sp³-hybridized carbons (Fsp3) is 0.417. The van der Waals surface area contributed by atoms with Gasteiger partial charge in [0, 0.05) is 13.1 Å². The van der Waals surface area contributed by atoms with Crippen molar-refractivity contribution in [3.8, 4) is 0 Å². The van der Waals surface area contributed by atoms with Crippen LogP contribution in [0.3, 0.4) is 0 Å². The summed E-state index contributed by atoms with van der Waals surface area (Å²) in [7, 11) is 0. The Morgan fingerprint density at radius 2 is 2.12 bits per heavy atom. The molecular formula is C12H18ClN3O. The number of aryl methyl sites for hydroxylation is 1. The monoisotopic (exact) mass is 255 g/mol. The van der Waals surface area contributed by atoms with Gasteiger partial charge in [0.15, 0.2) is 0 Å². The SMILES string of the molecule is CCCn1c(NCCO)nc2ccccc21.Cl. The van der Waals surface area contributed by atoms with Crippen molar-refractivity contribution in [2.75, 3.05) is 18.5 Å². The van der Waals surface area contributed by atoms with Crippen LogP contribution in [0.15, 0.2) is 24.3 Å². The number of aromatic nitrogens is 2. The Morgan fingerprint density at radius 3 is 2.82 bits per heavy atom. The van der Waals surface area contributed by atoms with Crippen LogP contribution in [0, 0.1) is 0 Å². The minimum atomic E-state index is 0. The zero-order chi connectivity index (χ0) is 11.4. The van der Waals surface area contributed by atoms with Crippen LogP contribution in [0.1, 0.15) is 13.3 Å². The van der Waals surface area contributed by atoms with E-state index in [1.165, 1.54) is 0 Å². The first kappa shape index (κ1) is 13.8. The average molecular weight is 256 g/mol. The van der Waals surface area contributed by atoms with Gasteiger partial charge in [0.2, 0.25) is 5.95 Å². The predicted molar refractivity (Wildman–Crippen MR) is 72.8 cm³/mol. The van der Waals surface area contributed by atoms with Crippen LogP contribution in [0.25, 0.3) is 11.0 Å². The van der Waals surface area contributed by atoms with E-state index in [1.807, 2.05) is 18.2 Å². The molecule has 1 heterocycles. The van der Waals surface area contributed by atoms with Crippen molar-refractivity contribution in [2.45, 2.75) is 19.9 Å². The third-order valence-corrected chi connectivity index (χ3v) is 2.50. The van der Waals surface area contributed by atoms with Gasteiger partial charge in [0.1, 0.15) is 0 Å². The molecule has 0 aliphatic heterocycles. The maximum absolute atomic E-state index is 8.82. The lowest BCUT2D eigenvalue weighted by molar-refractivity contribution is 0.310. The lowest BCUT2D eigenvalue weighted by atomic mass is 10.3. The summed E-state index contributed by atoms with van der Waals surface area (Å²) in [5, 5.41) is 12.0.